The van der Waals surface area contributed by atoms with E-state index in [1.807, 2.05) is 19.0 Å². The monoisotopic (exact) mass is 432 g/mol. The zero-order valence-corrected chi connectivity index (χ0v) is 18.1. The van der Waals surface area contributed by atoms with Gasteiger partial charge < -0.3 is 14.2 Å². The third kappa shape index (κ3) is 5.46. The molecule has 1 aromatic heterocycles. The van der Waals surface area contributed by atoms with Gasteiger partial charge >= 0.3 is 0 Å². The van der Waals surface area contributed by atoms with Gasteiger partial charge in [0.15, 0.2) is 15.6 Å². The van der Waals surface area contributed by atoms with Crippen LogP contribution in [0.3, 0.4) is 0 Å². The van der Waals surface area contributed by atoms with Gasteiger partial charge in [-0.2, -0.15) is 0 Å². The molecule has 0 aliphatic heterocycles. The number of fused-ring (bicyclic) bond motifs is 1. The van der Waals surface area contributed by atoms with E-state index in [0.717, 1.165) is 11.8 Å². The Kier molecular flexibility index (Phi) is 6.58. The lowest BCUT2D eigenvalue weighted by Crippen LogP contribution is -2.36. The Morgan fingerprint density at radius 2 is 1.70 bits per heavy atom. The number of carbonyl (C=O) groups is 1. The van der Waals surface area contributed by atoms with Crippen LogP contribution in [0.2, 0.25) is 0 Å². The van der Waals surface area contributed by atoms with Crippen LogP contribution in [-0.4, -0.2) is 57.6 Å². The first-order valence-corrected chi connectivity index (χ1v) is 11.6. The average molecular weight is 433 g/mol. The predicted molar refractivity (Wildman–Crippen MR) is 114 cm³/mol. The Labute approximate surface area is 175 Å². The lowest BCUT2D eigenvalue weighted by atomic mass is 10.1. The van der Waals surface area contributed by atoms with E-state index in [1.165, 1.54) is 12.1 Å². The summed E-state index contributed by atoms with van der Waals surface area (Å²) >= 11 is 0. The Morgan fingerprint density at radius 3 is 2.33 bits per heavy atom. The molecule has 0 unspecified atom stereocenters. The standard InChI is InChI=1S/C22H25FN2O4S/c1-24(2)12-13-25(14-16-8-10-17(23)11-9-16)22(26)21-19(15-30(3,27)28)18-6-4-5-7-20(18)29-21/h4-11H,12-15H2,1-3H3. The molecule has 0 atom stereocenters. The highest BCUT2D eigenvalue weighted by Gasteiger charge is 2.27. The molecule has 0 bridgehead atoms. The van der Waals surface area contributed by atoms with Gasteiger partial charge in [0.05, 0.1) is 5.75 Å². The highest BCUT2D eigenvalue weighted by Crippen LogP contribution is 2.29. The van der Waals surface area contributed by atoms with Gasteiger partial charge in [-0.25, -0.2) is 12.8 Å². The van der Waals surface area contributed by atoms with E-state index in [9.17, 15) is 17.6 Å². The minimum Gasteiger partial charge on any atom is -0.451 e. The molecule has 3 rings (SSSR count). The van der Waals surface area contributed by atoms with Crippen LogP contribution in [0.1, 0.15) is 21.7 Å². The first-order valence-electron chi connectivity index (χ1n) is 9.50. The molecule has 8 heteroatoms. The lowest BCUT2D eigenvalue weighted by Gasteiger charge is -2.24. The molecule has 6 nitrogen and oxygen atoms in total. The molecule has 0 N–H and O–H groups in total. The van der Waals surface area contributed by atoms with Gasteiger partial charge in [-0.15, -0.1) is 0 Å². The van der Waals surface area contributed by atoms with Crippen molar-refractivity contribution in [3.63, 3.8) is 0 Å². The fraction of sp³-hybridized carbons (Fsp3) is 0.318. The summed E-state index contributed by atoms with van der Waals surface area (Å²) in [6.07, 6.45) is 1.13. The molecule has 0 aliphatic rings. The molecule has 1 amide bonds. The summed E-state index contributed by atoms with van der Waals surface area (Å²) in [5.41, 5.74) is 1.60. The first-order chi connectivity index (χ1) is 14.1. The molecule has 1 heterocycles. The van der Waals surface area contributed by atoms with Crippen LogP contribution in [0.15, 0.2) is 52.9 Å². The molecule has 0 saturated carbocycles. The third-order valence-electron chi connectivity index (χ3n) is 4.69. The Morgan fingerprint density at radius 1 is 1.03 bits per heavy atom. The number of benzene rings is 2. The van der Waals surface area contributed by atoms with Gasteiger partial charge in [0.1, 0.15) is 11.4 Å². The van der Waals surface area contributed by atoms with Crippen molar-refractivity contribution < 1.29 is 22.0 Å². The van der Waals surface area contributed by atoms with Gasteiger partial charge in [-0.3, -0.25) is 4.79 Å². The van der Waals surface area contributed by atoms with E-state index in [2.05, 4.69) is 0 Å². The molecule has 0 fully saturated rings. The van der Waals surface area contributed by atoms with Crippen LogP contribution >= 0.6 is 0 Å². The van der Waals surface area contributed by atoms with Crippen molar-refractivity contribution in [3.05, 3.63) is 71.2 Å². The van der Waals surface area contributed by atoms with Crippen molar-refractivity contribution in [2.45, 2.75) is 12.3 Å². The lowest BCUT2D eigenvalue weighted by molar-refractivity contribution is 0.0701. The summed E-state index contributed by atoms with van der Waals surface area (Å²) in [6.45, 7) is 1.26. The number of amides is 1. The van der Waals surface area contributed by atoms with Gasteiger partial charge in [-0.05, 0) is 37.9 Å². The van der Waals surface area contributed by atoms with Crippen LogP contribution in [0.4, 0.5) is 4.39 Å². The molecule has 2 aromatic carbocycles. The fourth-order valence-corrected chi connectivity index (χ4v) is 4.01. The van der Waals surface area contributed by atoms with Crippen molar-refractivity contribution in [3.8, 4) is 0 Å². The van der Waals surface area contributed by atoms with Crippen molar-refractivity contribution in [1.82, 2.24) is 9.80 Å². The van der Waals surface area contributed by atoms with Crippen LogP contribution in [-0.2, 0) is 22.1 Å². The first kappa shape index (κ1) is 22.0. The quantitative estimate of drug-likeness (QED) is 0.546. The number of furan rings is 1. The minimum absolute atomic E-state index is 0.0301. The summed E-state index contributed by atoms with van der Waals surface area (Å²) in [4.78, 5) is 17.0. The topological polar surface area (TPSA) is 70.8 Å². The molecular weight excluding hydrogens is 407 g/mol. The average Bonchev–Trinajstić information content (AvgIpc) is 3.03. The summed E-state index contributed by atoms with van der Waals surface area (Å²) in [5.74, 6) is -1.00. The van der Waals surface area contributed by atoms with Crippen molar-refractivity contribution in [1.29, 1.82) is 0 Å². The van der Waals surface area contributed by atoms with Gasteiger partial charge in [0.2, 0.25) is 0 Å². The normalized spacial score (nSPS) is 11.9. The van der Waals surface area contributed by atoms with Crippen molar-refractivity contribution in [2.24, 2.45) is 0 Å². The number of hydrogen-bond donors (Lipinski definition) is 0. The van der Waals surface area contributed by atoms with Gasteiger partial charge in [0.25, 0.3) is 5.91 Å². The zero-order chi connectivity index (χ0) is 21.9. The van der Waals surface area contributed by atoms with E-state index >= 15 is 0 Å². The molecular formula is C22H25FN2O4S. The third-order valence-corrected chi connectivity index (χ3v) is 5.50. The van der Waals surface area contributed by atoms with E-state index in [1.54, 1.807) is 41.3 Å². The number of hydrogen-bond acceptors (Lipinski definition) is 5. The molecule has 0 aliphatic carbocycles. The fourth-order valence-electron chi connectivity index (χ4n) is 3.20. The molecule has 0 spiro atoms. The number of rotatable bonds is 8. The molecule has 0 radical (unpaired) electrons. The number of likely N-dealkylation sites (N-methyl/N-ethyl adjacent to an activating group) is 1. The maximum absolute atomic E-state index is 13.4. The second-order valence-corrected chi connectivity index (χ2v) is 9.77. The van der Waals surface area contributed by atoms with Gasteiger partial charge in [-0.1, -0.05) is 30.3 Å². The van der Waals surface area contributed by atoms with Crippen molar-refractivity contribution >= 4 is 26.7 Å². The van der Waals surface area contributed by atoms with Crippen molar-refractivity contribution in [2.75, 3.05) is 33.4 Å². The smallest absolute Gasteiger partial charge is 0.290 e. The predicted octanol–water partition coefficient (Wildman–Crippen LogP) is 3.32. The number of carbonyl (C=O) groups excluding carboxylic acids is 1. The van der Waals surface area contributed by atoms with E-state index < -0.39 is 15.7 Å². The number of sulfone groups is 1. The second-order valence-electron chi connectivity index (χ2n) is 7.63. The summed E-state index contributed by atoms with van der Waals surface area (Å²) in [7, 11) is 0.409. The second kappa shape index (κ2) is 8.97. The highest BCUT2D eigenvalue weighted by molar-refractivity contribution is 7.89. The van der Waals surface area contributed by atoms with E-state index in [0.29, 0.717) is 29.6 Å². The number of para-hydroxylation sites is 1. The van der Waals surface area contributed by atoms with Crippen LogP contribution in [0, 0.1) is 5.82 Å². The Hall–Kier alpha value is -2.71. The number of nitrogens with zero attached hydrogens (tertiary/aromatic N) is 2. The molecule has 160 valence electrons. The Bertz CT molecular complexity index is 1140. The molecule has 0 saturated heterocycles. The maximum atomic E-state index is 13.4. The molecule has 3 aromatic rings. The Balaban J connectivity index is 2.01. The van der Waals surface area contributed by atoms with Gasteiger partial charge in [0, 0.05) is 36.8 Å². The summed E-state index contributed by atoms with van der Waals surface area (Å²) < 4.78 is 43.1. The van der Waals surface area contributed by atoms with Crippen LogP contribution in [0.25, 0.3) is 11.0 Å². The largest absolute Gasteiger partial charge is 0.451 e. The summed E-state index contributed by atoms with van der Waals surface area (Å²) in [6, 6.07) is 13.0. The SMILES string of the molecule is CN(C)CCN(Cc1ccc(F)cc1)C(=O)c1oc2ccccc2c1CS(C)(=O)=O. The summed E-state index contributed by atoms with van der Waals surface area (Å²) in [5, 5.41) is 0.612. The highest BCUT2D eigenvalue weighted by atomic mass is 32.2. The van der Waals surface area contributed by atoms with Crippen LogP contribution in [0.5, 0.6) is 0 Å². The minimum atomic E-state index is -3.39. The molecule has 30 heavy (non-hydrogen) atoms. The zero-order valence-electron chi connectivity index (χ0n) is 17.3. The number of halogens is 1. The van der Waals surface area contributed by atoms with E-state index in [4.69, 9.17) is 4.42 Å². The maximum Gasteiger partial charge on any atom is 0.290 e. The van der Waals surface area contributed by atoms with Crippen LogP contribution < -0.4 is 0 Å². The van der Waals surface area contributed by atoms with E-state index in [-0.39, 0.29) is 23.9 Å².